The number of phenolic OH excluding ortho intramolecular Hbond substituents is 1. The molecular formula is C26H25FN6O4. The Bertz CT molecular complexity index is 1470. The molecule has 3 heterocycles. The van der Waals surface area contributed by atoms with Gasteiger partial charge >= 0.3 is 0 Å². The van der Waals surface area contributed by atoms with E-state index in [4.69, 9.17) is 25.4 Å². The molecule has 11 heteroatoms. The number of fused-ring (bicyclic) bond motifs is 1. The van der Waals surface area contributed by atoms with Gasteiger partial charge in [0.15, 0.2) is 11.5 Å². The van der Waals surface area contributed by atoms with Crippen molar-refractivity contribution in [3.63, 3.8) is 0 Å². The summed E-state index contributed by atoms with van der Waals surface area (Å²) in [5.74, 6) is 0.373. The molecule has 0 aliphatic carbocycles. The van der Waals surface area contributed by atoms with E-state index in [0.29, 0.717) is 39.7 Å². The second kappa shape index (κ2) is 10.9. The smallest absolute Gasteiger partial charge is 0.290 e. The third-order valence-corrected chi connectivity index (χ3v) is 6.18. The first kappa shape index (κ1) is 25.4. The molecule has 0 bridgehead atoms. The van der Waals surface area contributed by atoms with Crippen molar-refractivity contribution < 1.29 is 24.1 Å². The molecular weight excluding hydrogens is 479 g/mol. The van der Waals surface area contributed by atoms with Gasteiger partial charge in [-0.3, -0.25) is 9.20 Å². The molecule has 2 aromatic carbocycles. The number of imidazole rings is 1. The average Bonchev–Trinajstić information content (AvgIpc) is 3.39. The predicted molar refractivity (Wildman–Crippen MR) is 135 cm³/mol. The first-order chi connectivity index (χ1) is 17.9. The fraction of sp³-hybridized carbons (Fsp3) is 0.231. The fourth-order valence-electron chi connectivity index (χ4n) is 4.35. The lowest BCUT2D eigenvalue weighted by Gasteiger charge is -2.32. The van der Waals surface area contributed by atoms with Gasteiger partial charge in [0.05, 0.1) is 23.9 Å². The summed E-state index contributed by atoms with van der Waals surface area (Å²) in [6, 6.07) is 11.4. The standard InChI is InChI=1S/C25H23FN6O2.CH2O2/c1-34-21-13-15(4-5-20(21)33)22-23(16-2-3-17(14-27)19(26)12-16)30-25(32-11-8-29-24(22)32)31-9-6-18(28)7-10-31;2-1-3/h2-5,8,11-13,18,33H,6-7,9-10,28H2,1H3;1H,(H,2,3). The zero-order valence-corrected chi connectivity index (χ0v) is 20.0. The number of phenols is 1. The van der Waals surface area contributed by atoms with E-state index in [1.165, 1.54) is 25.3 Å². The Kier molecular flexibility index (Phi) is 7.50. The number of nitrogens with two attached hydrogens (primary N) is 1. The largest absolute Gasteiger partial charge is 0.504 e. The van der Waals surface area contributed by atoms with E-state index >= 15 is 0 Å². The number of carbonyl (C=O) groups is 1. The van der Waals surface area contributed by atoms with Crippen LogP contribution in [0, 0.1) is 17.1 Å². The van der Waals surface area contributed by atoms with E-state index in [2.05, 4.69) is 9.88 Å². The highest BCUT2D eigenvalue weighted by Crippen LogP contribution is 2.40. The second-order valence-corrected chi connectivity index (χ2v) is 8.38. The number of piperidine rings is 1. The third kappa shape index (κ3) is 5.00. The Morgan fingerprint density at radius 1 is 1.22 bits per heavy atom. The van der Waals surface area contributed by atoms with E-state index in [-0.39, 0.29) is 23.8 Å². The van der Waals surface area contributed by atoms with Crippen LogP contribution < -0.4 is 15.4 Å². The van der Waals surface area contributed by atoms with Crippen molar-refractivity contribution in [2.75, 3.05) is 25.1 Å². The summed E-state index contributed by atoms with van der Waals surface area (Å²) in [4.78, 5) is 20.1. The number of nitrogens with zero attached hydrogens (tertiary/aromatic N) is 5. The highest BCUT2D eigenvalue weighted by molar-refractivity contribution is 5.91. The molecule has 2 aromatic heterocycles. The van der Waals surface area contributed by atoms with Crippen LogP contribution in [0.25, 0.3) is 28.0 Å². The molecule has 37 heavy (non-hydrogen) atoms. The molecule has 0 atom stereocenters. The van der Waals surface area contributed by atoms with Crippen LogP contribution in [-0.2, 0) is 4.79 Å². The van der Waals surface area contributed by atoms with Gasteiger partial charge in [0.1, 0.15) is 17.5 Å². The van der Waals surface area contributed by atoms with Gasteiger partial charge in [0.25, 0.3) is 6.47 Å². The van der Waals surface area contributed by atoms with Crippen LogP contribution in [0.3, 0.4) is 0 Å². The summed E-state index contributed by atoms with van der Waals surface area (Å²) >= 11 is 0. The first-order valence-electron chi connectivity index (χ1n) is 11.4. The molecule has 0 radical (unpaired) electrons. The van der Waals surface area contributed by atoms with Crippen molar-refractivity contribution in [2.45, 2.75) is 18.9 Å². The van der Waals surface area contributed by atoms with Gasteiger partial charge in [-0.15, -0.1) is 0 Å². The molecule has 1 fully saturated rings. The molecule has 1 aliphatic heterocycles. The number of rotatable bonds is 4. The SMILES string of the molecule is COc1cc(-c2c(-c3ccc(C#N)c(F)c3)nc(N3CCC(N)CC3)n3ccnc23)ccc1O.O=CO. The van der Waals surface area contributed by atoms with Crippen LogP contribution in [0.4, 0.5) is 10.3 Å². The highest BCUT2D eigenvalue weighted by Gasteiger charge is 2.25. The van der Waals surface area contributed by atoms with Crippen molar-refractivity contribution >= 4 is 18.1 Å². The Hall–Kier alpha value is -4.69. The third-order valence-electron chi connectivity index (χ3n) is 6.18. The minimum atomic E-state index is -0.621. The van der Waals surface area contributed by atoms with Gasteiger partial charge in [0, 0.05) is 37.1 Å². The van der Waals surface area contributed by atoms with Gasteiger partial charge in [-0.25, -0.2) is 14.4 Å². The van der Waals surface area contributed by atoms with E-state index < -0.39 is 5.82 Å². The average molecular weight is 505 g/mol. The Balaban J connectivity index is 0.00000102. The zero-order valence-electron chi connectivity index (χ0n) is 20.0. The summed E-state index contributed by atoms with van der Waals surface area (Å²) in [5, 5.41) is 26.2. The molecule has 5 rings (SSSR count). The summed E-state index contributed by atoms with van der Waals surface area (Å²) < 4.78 is 21.9. The minimum Gasteiger partial charge on any atom is -0.504 e. The molecule has 1 aliphatic rings. The number of aromatic hydroxyl groups is 1. The quantitative estimate of drug-likeness (QED) is 0.355. The van der Waals surface area contributed by atoms with Gasteiger partial charge in [-0.1, -0.05) is 12.1 Å². The van der Waals surface area contributed by atoms with Crippen molar-refractivity contribution in [3.05, 3.63) is 60.2 Å². The van der Waals surface area contributed by atoms with Crippen molar-refractivity contribution in [2.24, 2.45) is 5.73 Å². The number of ether oxygens (including phenoxy) is 1. The van der Waals surface area contributed by atoms with Crippen LogP contribution in [0.15, 0.2) is 48.8 Å². The van der Waals surface area contributed by atoms with Gasteiger partial charge in [-0.2, -0.15) is 5.26 Å². The van der Waals surface area contributed by atoms with Gasteiger partial charge < -0.3 is 25.6 Å². The Morgan fingerprint density at radius 2 is 1.92 bits per heavy atom. The summed E-state index contributed by atoms with van der Waals surface area (Å²) in [6.45, 7) is 1.24. The zero-order chi connectivity index (χ0) is 26.5. The van der Waals surface area contributed by atoms with E-state index in [1.54, 1.807) is 24.4 Å². The number of hydrogen-bond acceptors (Lipinski definition) is 8. The lowest BCUT2D eigenvalue weighted by molar-refractivity contribution is -0.122. The van der Waals surface area contributed by atoms with Gasteiger partial charge in [-0.05, 0) is 42.7 Å². The van der Waals surface area contributed by atoms with Crippen LogP contribution >= 0.6 is 0 Å². The monoisotopic (exact) mass is 504 g/mol. The van der Waals surface area contributed by atoms with Crippen LogP contribution in [0.1, 0.15) is 18.4 Å². The van der Waals surface area contributed by atoms with Gasteiger partial charge in [0.2, 0.25) is 5.95 Å². The Morgan fingerprint density at radius 3 is 2.57 bits per heavy atom. The molecule has 4 N–H and O–H groups in total. The number of aromatic nitrogens is 3. The number of nitriles is 1. The second-order valence-electron chi connectivity index (χ2n) is 8.38. The summed E-state index contributed by atoms with van der Waals surface area (Å²) in [7, 11) is 1.48. The number of benzene rings is 2. The number of halogens is 1. The minimum absolute atomic E-state index is 0.00538. The molecule has 0 amide bonds. The molecule has 0 spiro atoms. The Labute approximate surface area is 212 Å². The molecule has 10 nitrogen and oxygen atoms in total. The molecule has 1 saturated heterocycles. The number of carboxylic acid groups (broad SMARTS) is 1. The molecule has 0 saturated carbocycles. The lowest BCUT2D eigenvalue weighted by atomic mass is 9.98. The van der Waals surface area contributed by atoms with Crippen molar-refractivity contribution in [1.82, 2.24) is 14.4 Å². The fourth-order valence-corrected chi connectivity index (χ4v) is 4.35. The number of hydrogen-bond donors (Lipinski definition) is 3. The molecule has 190 valence electrons. The summed E-state index contributed by atoms with van der Waals surface area (Å²) in [6.07, 6.45) is 5.22. The van der Waals surface area contributed by atoms with E-state index in [9.17, 15) is 14.8 Å². The van der Waals surface area contributed by atoms with E-state index in [1.807, 2.05) is 16.7 Å². The lowest BCUT2D eigenvalue weighted by Crippen LogP contribution is -2.40. The predicted octanol–water partition coefficient (Wildman–Crippen LogP) is 3.42. The van der Waals surface area contributed by atoms with Crippen LogP contribution in [0.5, 0.6) is 11.5 Å². The van der Waals surface area contributed by atoms with Crippen LogP contribution in [-0.4, -0.2) is 57.3 Å². The maximum absolute atomic E-state index is 14.6. The van der Waals surface area contributed by atoms with Crippen molar-refractivity contribution in [1.29, 1.82) is 5.26 Å². The first-order valence-corrected chi connectivity index (χ1v) is 11.4. The highest BCUT2D eigenvalue weighted by atomic mass is 19.1. The number of anilines is 1. The number of methoxy groups -OCH3 is 1. The van der Waals surface area contributed by atoms with Crippen LogP contribution in [0.2, 0.25) is 0 Å². The maximum atomic E-state index is 14.6. The molecule has 0 unspecified atom stereocenters. The summed E-state index contributed by atoms with van der Waals surface area (Å²) in [5.41, 5.74) is 9.08. The van der Waals surface area contributed by atoms with Crippen molar-refractivity contribution in [3.8, 4) is 40.0 Å². The molecule has 4 aromatic rings. The maximum Gasteiger partial charge on any atom is 0.290 e. The van der Waals surface area contributed by atoms with E-state index in [0.717, 1.165) is 25.9 Å². The normalized spacial score (nSPS) is 13.5. The topological polar surface area (TPSA) is 150 Å².